The summed E-state index contributed by atoms with van der Waals surface area (Å²) in [6.45, 7) is 3.86. The van der Waals surface area contributed by atoms with Gasteiger partial charge < -0.3 is 9.88 Å². The van der Waals surface area contributed by atoms with E-state index in [-0.39, 0.29) is 0 Å². The van der Waals surface area contributed by atoms with Crippen molar-refractivity contribution in [2.24, 2.45) is 7.05 Å². The molecule has 0 unspecified atom stereocenters. The highest BCUT2D eigenvalue weighted by molar-refractivity contribution is 7.99. The summed E-state index contributed by atoms with van der Waals surface area (Å²) in [5.74, 6) is 0. The Morgan fingerprint density at radius 2 is 2.28 bits per heavy atom. The van der Waals surface area contributed by atoms with Gasteiger partial charge in [0.15, 0.2) is 5.16 Å². The molecule has 2 rings (SSSR count). The quantitative estimate of drug-likeness (QED) is 0.916. The predicted octanol–water partition coefficient (Wildman–Crippen LogP) is 2.73. The average Bonchev–Trinajstić information content (AvgIpc) is 2.74. The molecule has 0 aliphatic carbocycles. The third kappa shape index (κ3) is 3.25. The summed E-state index contributed by atoms with van der Waals surface area (Å²) in [6.07, 6.45) is 1.69. The third-order valence-corrected chi connectivity index (χ3v) is 3.85. The molecule has 96 valence electrons. The van der Waals surface area contributed by atoms with Crippen LogP contribution in [0.5, 0.6) is 0 Å². The normalized spacial score (nSPS) is 10.8. The number of hydrogen-bond donors (Lipinski definition) is 1. The maximum absolute atomic E-state index is 6.05. The van der Waals surface area contributed by atoms with Crippen LogP contribution in [0.25, 0.3) is 0 Å². The minimum Gasteiger partial charge on any atom is -0.313 e. The van der Waals surface area contributed by atoms with Crippen LogP contribution in [0.1, 0.15) is 12.5 Å². The Balaban J connectivity index is 2.24. The lowest BCUT2D eigenvalue weighted by Gasteiger charge is -2.09. The summed E-state index contributed by atoms with van der Waals surface area (Å²) in [6, 6.07) is 5.92. The van der Waals surface area contributed by atoms with E-state index in [0.717, 1.165) is 28.2 Å². The van der Waals surface area contributed by atoms with Crippen molar-refractivity contribution in [3.8, 4) is 0 Å². The van der Waals surface area contributed by atoms with E-state index >= 15 is 0 Å². The van der Waals surface area contributed by atoms with Crippen LogP contribution in [0.4, 0.5) is 0 Å². The first kappa shape index (κ1) is 13.4. The largest absolute Gasteiger partial charge is 0.313 e. The number of nitrogens with zero attached hydrogens (tertiary/aromatic N) is 3. The van der Waals surface area contributed by atoms with Crippen LogP contribution in [0.15, 0.2) is 34.6 Å². The Bertz CT molecular complexity index is 527. The van der Waals surface area contributed by atoms with Crippen molar-refractivity contribution in [3.05, 3.63) is 35.1 Å². The first-order valence-electron chi connectivity index (χ1n) is 5.71. The molecule has 0 aliphatic rings. The van der Waals surface area contributed by atoms with Gasteiger partial charge in [0.1, 0.15) is 6.33 Å². The van der Waals surface area contributed by atoms with Crippen molar-refractivity contribution >= 4 is 23.4 Å². The molecule has 0 atom stereocenters. The summed E-state index contributed by atoms with van der Waals surface area (Å²) in [5.41, 5.74) is 1.22. The fourth-order valence-corrected chi connectivity index (χ4v) is 2.66. The SMILES string of the molecule is CCNCc1ccc(Cl)cc1Sc1nncn1C. The molecule has 0 spiro atoms. The van der Waals surface area contributed by atoms with Crippen LogP contribution in [0, 0.1) is 0 Å². The zero-order valence-corrected chi connectivity index (χ0v) is 11.9. The predicted molar refractivity (Wildman–Crippen MR) is 74.0 cm³/mol. The number of aromatic nitrogens is 3. The Labute approximate surface area is 116 Å². The lowest BCUT2D eigenvalue weighted by molar-refractivity contribution is 0.717. The lowest BCUT2D eigenvalue weighted by Crippen LogP contribution is -2.12. The fraction of sp³-hybridized carbons (Fsp3) is 0.333. The molecule has 18 heavy (non-hydrogen) atoms. The smallest absolute Gasteiger partial charge is 0.195 e. The van der Waals surface area contributed by atoms with E-state index in [2.05, 4.69) is 22.4 Å². The van der Waals surface area contributed by atoms with Gasteiger partial charge in [0, 0.05) is 23.5 Å². The summed E-state index contributed by atoms with van der Waals surface area (Å²) in [7, 11) is 1.93. The molecule has 1 heterocycles. The standard InChI is InChI=1S/C12H15ClN4S/c1-3-14-7-9-4-5-10(13)6-11(9)18-12-16-15-8-17(12)2/h4-6,8,14H,3,7H2,1-2H3. The summed E-state index contributed by atoms with van der Waals surface area (Å²) in [5, 5.41) is 12.9. The van der Waals surface area contributed by atoms with Crippen LogP contribution in [-0.4, -0.2) is 21.3 Å². The highest BCUT2D eigenvalue weighted by Crippen LogP contribution is 2.30. The van der Waals surface area contributed by atoms with E-state index in [9.17, 15) is 0 Å². The molecular weight excluding hydrogens is 268 g/mol. The first-order chi connectivity index (χ1) is 8.70. The van der Waals surface area contributed by atoms with Crippen LogP contribution >= 0.6 is 23.4 Å². The maximum atomic E-state index is 6.05. The van der Waals surface area contributed by atoms with E-state index in [0.29, 0.717) is 0 Å². The van der Waals surface area contributed by atoms with Crippen molar-refractivity contribution in [1.29, 1.82) is 0 Å². The molecule has 0 saturated carbocycles. The van der Waals surface area contributed by atoms with Gasteiger partial charge >= 0.3 is 0 Å². The van der Waals surface area contributed by atoms with Gasteiger partial charge in [0.05, 0.1) is 0 Å². The van der Waals surface area contributed by atoms with Gasteiger partial charge in [0.2, 0.25) is 0 Å². The number of halogens is 1. The minimum atomic E-state index is 0.736. The van der Waals surface area contributed by atoms with Gasteiger partial charge in [-0.25, -0.2) is 0 Å². The molecule has 0 aliphatic heterocycles. The van der Waals surface area contributed by atoms with Gasteiger partial charge in [-0.3, -0.25) is 0 Å². The van der Waals surface area contributed by atoms with E-state index in [1.807, 2.05) is 29.8 Å². The molecule has 4 nitrogen and oxygen atoms in total. The Morgan fingerprint density at radius 1 is 1.44 bits per heavy atom. The van der Waals surface area contributed by atoms with Crippen LogP contribution < -0.4 is 5.32 Å². The van der Waals surface area contributed by atoms with E-state index in [1.165, 1.54) is 5.56 Å². The number of benzene rings is 1. The molecule has 6 heteroatoms. The summed E-state index contributed by atoms with van der Waals surface area (Å²) in [4.78, 5) is 1.11. The maximum Gasteiger partial charge on any atom is 0.195 e. The Hall–Kier alpha value is -1.04. The highest BCUT2D eigenvalue weighted by Gasteiger charge is 2.09. The number of nitrogens with one attached hydrogen (secondary N) is 1. The van der Waals surface area contributed by atoms with Crippen molar-refractivity contribution in [3.63, 3.8) is 0 Å². The number of aryl methyl sites for hydroxylation is 1. The summed E-state index contributed by atoms with van der Waals surface area (Å²) >= 11 is 7.63. The van der Waals surface area contributed by atoms with Crippen LogP contribution in [-0.2, 0) is 13.6 Å². The topological polar surface area (TPSA) is 42.7 Å². The zero-order valence-electron chi connectivity index (χ0n) is 10.4. The second-order valence-corrected chi connectivity index (χ2v) is 5.30. The summed E-state index contributed by atoms with van der Waals surface area (Å²) < 4.78 is 1.89. The van der Waals surface area contributed by atoms with Crippen molar-refractivity contribution in [1.82, 2.24) is 20.1 Å². The zero-order chi connectivity index (χ0) is 13.0. The molecular formula is C12H15ClN4S. The van der Waals surface area contributed by atoms with Gasteiger partial charge in [-0.2, -0.15) is 0 Å². The lowest BCUT2D eigenvalue weighted by atomic mass is 10.2. The van der Waals surface area contributed by atoms with Gasteiger partial charge in [-0.1, -0.05) is 24.6 Å². The molecule has 0 amide bonds. The molecule has 1 aromatic carbocycles. The van der Waals surface area contributed by atoms with Gasteiger partial charge in [-0.05, 0) is 36.0 Å². The van der Waals surface area contributed by atoms with Crippen LogP contribution in [0.2, 0.25) is 5.02 Å². The van der Waals surface area contributed by atoms with E-state index in [4.69, 9.17) is 11.6 Å². The molecule has 0 bridgehead atoms. The monoisotopic (exact) mass is 282 g/mol. The molecule has 1 aromatic heterocycles. The van der Waals surface area contributed by atoms with E-state index < -0.39 is 0 Å². The number of hydrogen-bond acceptors (Lipinski definition) is 4. The number of rotatable bonds is 5. The second-order valence-electron chi connectivity index (χ2n) is 3.86. The molecule has 2 aromatic rings. The highest BCUT2D eigenvalue weighted by atomic mass is 35.5. The van der Waals surface area contributed by atoms with Crippen molar-refractivity contribution in [2.75, 3.05) is 6.54 Å². The Morgan fingerprint density at radius 3 is 2.94 bits per heavy atom. The first-order valence-corrected chi connectivity index (χ1v) is 6.91. The average molecular weight is 283 g/mol. The van der Waals surface area contributed by atoms with Crippen molar-refractivity contribution in [2.45, 2.75) is 23.5 Å². The third-order valence-electron chi connectivity index (χ3n) is 2.47. The molecule has 0 saturated heterocycles. The van der Waals surface area contributed by atoms with E-state index in [1.54, 1.807) is 18.1 Å². The second kappa shape index (κ2) is 6.22. The molecule has 1 N–H and O–H groups in total. The van der Waals surface area contributed by atoms with Crippen molar-refractivity contribution < 1.29 is 0 Å². The molecule has 0 fully saturated rings. The van der Waals surface area contributed by atoms with Crippen LogP contribution in [0.3, 0.4) is 0 Å². The minimum absolute atomic E-state index is 0.736. The Kier molecular flexibility index (Phi) is 4.63. The molecule has 0 radical (unpaired) electrons. The van der Waals surface area contributed by atoms with Gasteiger partial charge in [0.25, 0.3) is 0 Å². The van der Waals surface area contributed by atoms with Gasteiger partial charge in [-0.15, -0.1) is 10.2 Å². The fourth-order valence-electron chi connectivity index (χ4n) is 1.49.